The van der Waals surface area contributed by atoms with E-state index in [1.165, 1.54) is 29.3 Å². The molecule has 1 amide bonds. The fourth-order valence-electron chi connectivity index (χ4n) is 3.36. The Hall–Kier alpha value is -1.46. The van der Waals surface area contributed by atoms with Gasteiger partial charge in [0.15, 0.2) is 0 Å². The molecule has 0 bridgehead atoms. The van der Waals surface area contributed by atoms with Crippen LogP contribution in [0.3, 0.4) is 0 Å². The van der Waals surface area contributed by atoms with Crippen molar-refractivity contribution in [3.05, 3.63) is 36.0 Å². The third kappa shape index (κ3) is 4.52. The zero-order valence-electron chi connectivity index (χ0n) is 13.7. The first-order chi connectivity index (χ1) is 11.2. The average molecular weight is 331 g/mol. The lowest BCUT2D eigenvalue weighted by molar-refractivity contribution is -0.118. The van der Waals surface area contributed by atoms with Crippen molar-refractivity contribution in [1.29, 1.82) is 0 Å². The monoisotopic (exact) mass is 331 g/mol. The van der Waals surface area contributed by atoms with Gasteiger partial charge in [-0.2, -0.15) is 11.8 Å². The van der Waals surface area contributed by atoms with Gasteiger partial charge in [0.2, 0.25) is 5.91 Å². The van der Waals surface area contributed by atoms with Gasteiger partial charge in [0, 0.05) is 31.3 Å². The molecule has 0 aliphatic carbocycles. The fraction of sp³-hybridized carbons (Fsp3) is 0.500. The quantitative estimate of drug-likeness (QED) is 0.856. The molecule has 124 valence electrons. The third-order valence-electron chi connectivity index (χ3n) is 4.49. The molecular formula is C18H25N3OS. The standard InChI is InChI=1S/C18H25N3OS/c1-23-13-18(22)20-10-15-3-2-8-21(12-15)11-14-4-5-17-16(9-14)6-7-19-17/h4-7,9,15,19H,2-3,8,10-13H2,1H3,(H,20,22)/t15-/m1/s1. The molecule has 1 saturated heterocycles. The maximum Gasteiger partial charge on any atom is 0.229 e. The lowest BCUT2D eigenvalue weighted by Gasteiger charge is -2.32. The second-order valence-corrected chi connectivity index (χ2v) is 7.25. The highest BCUT2D eigenvalue weighted by molar-refractivity contribution is 7.99. The Balaban J connectivity index is 1.52. The first kappa shape index (κ1) is 16.4. The van der Waals surface area contributed by atoms with Crippen molar-refractivity contribution in [1.82, 2.24) is 15.2 Å². The van der Waals surface area contributed by atoms with E-state index in [-0.39, 0.29) is 5.91 Å². The Morgan fingerprint density at radius 1 is 1.43 bits per heavy atom. The van der Waals surface area contributed by atoms with Gasteiger partial charge in [0.1, 0.15) is 0 Å². The molecule has 23 heavy (non-hydrogen) atoms. The van der Waals surface area contributed by atoms with Crippen LogP contribution in [0.1, 0.15) is 18.4 Å². The maximum atomic E-state index is 11.6. The number of amides is 1. The van der Waals surface area contributed by atoms with E-state index in [2.05, 4.69) is 39.5 Å². The predicted molar refractivity (Wildman–Crippen MR) is 97.7 cm³/mol. The Labute approximate surface area is 142 Å². The number of fused-ring (bicyclic) bond motifs is 1. The van der Waals surface area contributed by atoms with E-state index in [4.69, 9.17) is 0 Å². The number of hydrogen-bond donors (Lipinski definition) is 2. The topological polar surface area (TPSA) is 48.1 Å². The summed E-state index contributed by atoms with van der Waals surface area (Å²) in [6, 6.07) is 8.77. The second-order valence-electron chi connectivity index (χ2n) is 6.38. The Bertz CT molecular complexity index is 655. The minimum absolute atomic E-state index is 0.160. The molecule has 0 saturated carbocycles. The van der Waals surface area contributed by atoms with E-state index in [0.29, 0.717) is 11.7 Å². The number of H-pyrrole nitrogens is 1. The molecule has 1 aliphatic rings. The Kier molecular flexibility index (Phi) is 5.62. The van der Waals surface area contributed by atoms with Gasteiger partial charge >= 0.3 is 0 Å². The lowest BCUT2D eigenvalue weighted by Crippen LogP contribution is -2.40. The van der Waals surface area contributed by atoms with Gasteiger partial charge in [-0.15, -0.1) is 0 Å². The highest BCUT2D eigenvalue weighted by Gasteiger charge is 2.20. The van der Waals surface area contributed by atoms with Crippen molar-refractivity contribution in [2.45, 2.75) is 19.4 Å². The van der Waals surface area contributed by atoms with E-state index in [1.807, 2.05) is 12.5 Å². The molecule has 2 N–H and O–H groups in total. The van der Waals surface area contributed by atoms with Crippen LogP contribution in [0.4, 0.5) is 0 Å². The number of aromatic nitrogens is 1. The number of aromatic amines is 1. The van der Waals surface area contributed by atoms with Gasteiger partial charge in [-0.1, -0.05) is 6.07 Å². The van der Waals surface area contributed by atoms with Gasteiger partial charge in [0.05, 0.1) is 5.75 Å². The number of hydrogen-bond acceptors (Lipinski definition) is 3. The molecule has 4 nitrogen and oxygen atoms in total. The molecule has 0 spiro atoms. The van der Waals surface area contributed by atoms with E-state index >= 15 is 0 Å². The SMILES string of the molecule is CSCC(=O)NC[C@H]1CCCN(Cc2ccc3[nH]ccc3c2)C1. The van der Waals surface area contributed by atoms with Crippen molar-refractivity contribution in [3.63, 3.8) is 0 Å². The molecule has 1 atom stereocenters. The molecule has 0 radical (unpaired) electrons. The smallest absolute Gasteiger partial charge is 0.229 e. The summed E-state index contributed by atoms with van der Waals surface area (Å²) in [6.07, 6.45) is 6.38. The van der Waals surface area contributed by atoms with Gasteiger partial charge in [-0.3, -0.25) is 9.69 Å². The number of carbonyl (C=O) groups excluding carboxylic acids is 1. The number of thioether (sulfide) groups is 1. The second kappa shape index (κ2) is 7.88. The number of carbonyl (C=O) groups is 1. The fourth-order valence-corrected chi connectivity index (χ4v) is 3.73. The summed E-state index contributed by atoms with van der Waals surface area (Å²) >= 11 is 1.58. The van der Waals surface area contributed by atoms with Crippen LogP contribution < -0.4 is 5.32 Å². The van der Waals surface area contributed by atoms with Crippen molar-refractivity contribution in [2.24, 2.45) is 5.92 Å². The Morgan fingerprint density at radius 2 is 2.35 bits per heavy atom. The molecule has 2 heterocycles. The molecule has 0 unspecified atom stereocenters. The van der Waals surface area contributed by atoms with Crippen LogP contribution >= 0.6 is 11.8 Å². The van der Waals surface area contributed by atoms with Crippen LogP contribution in [-0.4, -0.2) is 47.4 Å². The van der Waals surface area contributed by atoms with Crippen LogP contribution in [0.15, 0.2) is 30.5 Å². The zero-order chi connectivity index (χ0) is 16.1. The highest BCUT2D eigenvalue weighted by atomic mass is 32.2. The minimum Gasteiger partial charge on any atom is -0.361 e. The normalized spacial score (nSPS) is 19.1. The van der Waals surface area contributed by atoms with Crippen LogP contribution in [0.25, 0.3) is 10.9 Å². The van der Waals surface area contributed by atoms with Crippen molar-refractivity contribution in [3.8, 4) is 0 Å². The largest absolute Gasteiger partial charge is 0.361 e. The summed E-state index contributed by atoms with van der Waals surface area (Å²) in [4.78, 5) is 17.4. The first-order valence-corrected chi connectivity index (χ1v) is 9.68. The molecular weight excluding hydrogens is 306 g/mol. The lowest BCUT2D eigenvalue weighted by atomic mass is 9.97. The molecule has 1 aromatic carbocycles. The van der Waals surface area contributed by atoms with Crippen molar-refractivity contribution in [2.75, 3.05) is 31.6 Å². The van der Waals surface area contributed by atoms with Gasteiger partial charge in [0.25, 0.3) is 0 Å². The molecule has 2 aromatic rings. The number of likely N-dealkylation sites (tertiary alicyclic amines) is 1. The van der Waals surface area contributed by atoms with Crippen molar-refractivity contribution < 1.29 is 4.79 Å². The number of nitrogens with one attached hydrogen (secondary N) is 2. The summed E-state index contributed by atoms with van der Waals surface area (Å²) in [6.45, 7) is 4.04. The maximum absolute atomic E-state index is 11.6. The van der Waals surface area contributed by atoms with E-state index < -0.39 is 0 Å². The van der Waals surface area contributed by atoms with E-state index in [9.17, 15) is 4.79 Å². The summed E-state index contributed by atoms with van der Waals surface area (Å²) in [7, 11) is 0. The van der Waals surface area contributed by atoms with E-state index in [1.54, 1.807) is 11.8 Å². The number of benzene rings is 1. The number of nitrogens with zero attached hydrogens (tertiary/aromatic N) is 1. The minimum atomic E-state index is 0.160. The average Bonchev–Trinajstić information content (AvgIpc) is 3.01. The molecule has 3 rings (SSSR count). The summed E-state index contributed by atoms with van der Waals surface area (Å²) in [5, 5.41) is 4.35. The number of rotatable bonds is 6. The van der Waals surface area contributed by atoms with Gasteiger partial charge in [-0.05, 0) is 60.7 Å². The Morgan fingerprint density at radius 3 is 3.22 bits per heavy atom. The van der Waals surface area contributed by atoms with Crippen LogP contribution in [-0.2, 0) is 11.3 Å². The third-order valence-corrected chi connectivity index (χ3v) is 5.04. The predicted octanol–water partition coefficient (Wildman–Crippen LogP) is 2.86. The molecule has 5 heteroatoms. The summed E-state index contributed by atoms with van der Waals surface area (Å²) < 4.78 is 0. The summed E-state index contributed by atoms with van der Waals surface area (Å²) in [5.41, 5.74) is 2.56. The van der Waals surface area contributed by atoms with Gasteiger partial charge < -0.3 is 10.3 Å². The van der Waals surface area contributed by atoms with Crippen molar-refractivity contribution >= 4 is 28.6 Å². The highest BCUT2D eigenvalue weighted by Crippen LogP contribution is 2.20. The zero-order valence-corrected chi connectivity index (χ0v) is 14.5. The number of piperidine rings is 1. The van der Waals surface area contributed by atoms with Crippen LogP contribution in [0.5, 0.6) is 0 Å². The molecule has 1 aromatic heterocycles. The van der Waals surface area contributed by atoms with E-state index in [0.717, 1.165) is 26.2 Å². The summed E-state index contributed by atoms with van der Waals surface area (Å²) in [5.74, 6) is 1.30. The van der Waals surface area contributed by atoms with Gasteiger partial charge in [-0.25, -0.2) is 0 Å². The van der Waals surface area contributed by atoms with Crippen LogP contribution in [0.2, 0.25) is 0 Å². The molecule has 1 aliphatic heterocycles. The molecule has 1 fully saturated rings. The van der Waals surface area contributed by atoms with Crippen LogP contribution in [0, 0.1) is 5.92 Å². The first-order valence-electron chi connectivity index (χ1n) is 8.28.